The van der Waals surface area contributed by atoms with Gasteiger partial charge in [0.1, 0.15) is 0 Å². The molecule has 0 heterocycles. The Bertz CT molecular complexity index is 213. The van der Waals surface area contributed by atoms with Crippen molar-refractivity contribution in [3.63, 3.8) is 0 Å². The minimum atomic E-state index is -1.08. The average molecular weight is 230 g/mol. The molecule has 4 nitrogen and oxygen atoms in total. The van der Waals surface area contributed by atoms with E-state index in [0.29, 0.717) is 6.42 Å². The van der Waals surface area contributed by atoms with Crippen molar-refractivity contribution in [1.29, 1.82) is 0 Å². The van der Waals surface area contributed by atoms with Gasteiger partial charge in [-0.15, -0.1) is 0 Å². The Morgan fingerprint density at radius 2 is 1.69 bits per heavy atom. The van der Waals surface area contributed by atoms with Gasteiger partial charge in [0.15, 0.2) is 5.92 Å². The lowest BCUT2D eigenvalue weighted by atomic mass is 10.0. The van der Waals surface area contributed by atoms with E-state index in [1.807, 2.05) is 0 Å². The summed E-state index contributed by atoms with van der Waals surface area (Å²) < 4.78 is 4.45. The van der Waals surface area contributed by atoms with Crippen LogP contribution in [0.4, 0.5) is 0 Å². The monoisotopic (exact) mass is 230 g/mol. The summed E-state index contributed by atoms with van der Waals surface area (Å²) in [6, 6.07) is 0. The van der Waals surface area contributed by atoms with Crippen molar-refractivity contribution in [2.75, 3.05) is 7.11 Å². The molecule has 0 aliphatic heterocycles. The number of carbonyl (C=O) groups excluding carboxylic acids is 1. The maximum Gasteiger partial charge on any atom is 0.320 e. The van der Waals surface area contributed by atoms with Crippen molar-refractivity contribution >= 4 is 11.9 Å². The standard InChI is InChI=1S/C12H22O4/c1-3-4-5-6-7-8-9-10(11(13)14)12(15)16-2/h10H,3-9H2,1-2H3,(H,13,14). The summed E-state index contributed by atoms with van der Waals surface area (Å²) in [6.45, 7) is 2.15. The molecule has 0 aromatic heterocycles. The molecule has 0 spiro atoms. The maximum atomic E-state index is 11.1. The van der Waals surface area contributed by atoms with Gasteiger partial charge < -0.3 is 9.84 Å². The van der Waals surface area contributed by atoms with Crippen LogP contribution in [-0.2, 0) is 14.3 Å². The van der Waals surface area contributed by atoms with Gasteiger partial charge in [-0.1, -0.05) is 45.4 Å². The molecule has 0 radical (unpaired) electrons. The Morgan fingerprint density at radius 3 is 2.19 bits per heavy atom. The smallest absolute Gasteiger partial charge is 0.320 e. The molecule has 0 aromatic rings. The molecule has 1 N–H and O–H groups in total. The fourth-order valence-electron chi connectivity index (χ4n) is 1.61. The van der Waals surface area contributed by atoms with E-state index in [0.717, 1.165) is 19.3 Å². The molecule has 1 atom stereocenters. The van der Waals surface area contributed by atoms with E-state index in [9.17, 15) is 9.59 Å². The summed E-state index contributed by atoms with van der Waals surface area (Å²) in [5.41, 5.74) is 0. The third-order valence-corrected chi connectivity index (χ3v) is 2.63. The van der Waals surface area contributed by atoms with Gasteiger partial charge in [-0.25, -0.2) is 0 Å². The molecule has 0 aromatic carbocycles. The topological polar surface area (TPSA) is 63.6 Å². The van der Waals surface area contributed by atoms with Gasteiger partial charge in [0.2, 0.25) is 0 Å². The van der Waals surface area contributed by atoms with Gasteiger partial charge in [-0.05, 0) is 6.42 Å². The minimum Gasteiger partial charge on any atom is -0.481 e. The number of carbonyl (C=O) groups is 2. The number of hydrogen-bond acceptors (Lipinski definition) is 3. The van der Waals surface area contributed by atoms with Crippen molar-refractivity contribution in [1.82, 2.24) is 0 Å². The number of rotatable bonds is 9. The molecule has 94 valence electrons. The number of aliphatic carboxylic acids is 1. The highest BCUT2D eigenvalue weighted by molar-refractivity contribution is 5.93. The van der Waals surface area contributed by atoms with Gasteiger partial charge in [-0.2, -0.15) is 0 Å². The van der Waals surface area contributed by atoms with Crippen molar-refractivity contribution in [3.05, 3.63) is 0 Å². The predicted octanol–water partition coefficient (Wildman–Crippen LogP) is 2.61. The lowest BCUT2D eigenvalue weighted by molar-refractivity contribution is -0.157. The van der Waals surface area contributed by atoms with E-state index < -0.39 is 17.9 Å². The van der Waals surface area contributed by atoms with Gasteiger partial charge in [0, 0.05) is 0 Å². The summed E-state index contributed by atoms with van der Waals surface area (Å²) in [5, 5.41) is 8.81. The molecular weight excluding hydrogens is 208 g/mol. The van der Waals surface area contributed by atoms with E-state index >= 15 is 0 Å². The Balaban J connectivity index is 3.69. The highest BCUT2D eigenvalue weighted by Gasteiger charge is 2.26. The van der Waals surface area contributed by atoms with E-state index in [2.05, 4.69) is 11.7 Å². The number of ether oxygens (including phenoxy) is 1. The SMILES string of the molecule is CCCCCCCCC(C(=O)O)C(=O)OC. The summed E-state index contributed by atoms with van der Waals surface area (Å²) in [7, 11) is 1.22. The third-order valence-electron chi connectivity index (χ3n) is 2.63. The lowest BCUT2D eigenvalue weighted by Crippen LogP contribution is -2.24. The fourth-order valence-corrected chi connectivity index (χ4v) is 1.61. The summed E-state index contributed by atoms with van der Waals surface area (Å²) in [5.74, 6) is -2.71. The lowest BCUT2D eigenvalue weighted by Gasteiger charge is -2.09. The second kappa shape index (κ2) is 9.19. The van der Waals surface area contributed by atoms with Gasteiger partial charge >= 0.3 is 11.9 Å². The second-order valence-corrected chi connectivity index (χ2v) is 3.97. The Morgan fingerprint density at radius 1 is 1.12 bits per heavy atom. The molecule has 0 saturated heterocycles. The molecule has 0 aliphatic carbocycles. The van der Waals surface area contributed by atoms with Gasteiger partial charge in [-0.3, -0.25) is 9.59 Å². The van der Waals surface area contributed by atoms with Crippen molar-refractivity contribution in [2.24, 2.45) is 5.92 Å². The van der Waals surface area contributed by atoms with Crippen LogP contribution in [-0.4, -0.2) is 24.2 Å². The third kappa shape index (κ3) is 6.43. The molecular formula is C12H22O4. The summed E-state index contributed by atoms with van der Waals surface area (Å²) in [6.07, 6.45) is 6.86. The minimum absolute atomic E-state index is 0.383. The van der Waals surface area contributed by atoms with Crippen LogP contribution in [0.15, 0.2) is 0 Å². The first kappa shape index (κ1) is 14.9. The highest BCUT2D eigenvalue weighted by Crippen LogP contribution is 2.13. The van der Waals surface area contributed by atoms with Crippen LogP contribution in [0.3, 0.4) is 0 Å². The van der Waals surface area contributed by atoms with Crippen LogP contribution in [0.2, 0.25) is 0 Å². The molecule has 1 unspecified atom stereocenters. The normalized spacial score (nSPS) is 12.1. The number of hydrogen-bond donors (Lipinski definition) is 1. The van der Waals surface area contributed by atoms with Crippen LogP contribution in [0, 0.1) is 5.92 Å². The van der Waals surface area contributed by atoms with Crippen LogP contribution >= 0.6 is 0 Å². The largest absolute Gasteiger partial charge is 0.481 e. The molecule has 4 heteroatoms. The summed E-state index contributed by atoms with van der Waals surface area (Å²) in [4.78, 5) is 21.9. The zero-order chi connectivity index (χ0) is 12.4. The Labute approximate surface area is 97.0 Å². The fraction of sp³-hybridized carbons (Fsp3) is 0.833. The number of methoxy groups -OCH3 is 1. The van der Waals surface area contributed by atoms with Crippen molar-refractivity contribution < 1.29 is 19.4 Å². The van der Waals surface area contributed by atoms with E-state index in [-0.39, 0.29) is 0 Å². The Kier molecular flexibility index (Phi) is 8.58. The molecule has 0 saturated carbocycles. The van der Waals surface area contributed by atoms with E-state index in [1.54, 1.807) is 0 Å². The van der Waals surface area contributed by atoms with Crippen LogP contribution in [0.5, 0.6) is 0 Å². The first-order chi connectivity index (χ1) is 7.63. The molecule has 0 bridgehead atoms. The van der Waals surface area contributed by atoms with Crippen LogP contribution in [0.1, 0.15) is 51.9 Å². The van der Waals surface area contributed by atoms with Crippen molar-refractivity contribution in [3.8, 4) is 0 Å². The van der Waals surface area contributed by atoms with Crippen molar-refractivity contribution in [2.45, 2.75) is 51.9 Å². The Hall–Kier alpha value is -1.06. The van der Waals surface area contributed by atoms with Gasteiger partial charge in [0.05, 0.1) is 7.11 Å². The first-order valence-electron chi connectivity index (χ1n) is 5.94. The zero-order valence-electron chi connectivity index (χ0n) is 10.2. The van der Waals surface area contributed by atoms with Crippen LogP contribution in [0.25, 0.3) is 0 Å². The maximum absolute atomic E-state index is 11.1. The van der Waals surface area contributed by atoms with E-state index in [4.69, 9.17) is 5.11 Å². The number of carboxylic acids is 1. The van der Waals surface area contributed by atoms with Gasteiger partial charge in [0.25, 0.3) is 0 Å². The average Bonchev–Trinajstić information content (AvgIpc) is 2.26. The first-order valence-corrected chi connectivity index (χ1v) is 5.94. The van der Waals surface area contributed by atoms with E-state index in [1.165, 1.54) is 26.4 Å². The molecule has 0 amide bonds. The highest BCUT2D eigenvalue weighted by atomic mass is 16.5. The summed E-state index contributed by atoms with van der Waals surface area (Å²) >= 11 is 0. The number of esters is 1. The number of carboxylic acid groups (broad SMARTS) is 1. The zero-order valence-corrected chi connectivity index (χ0v) is 10.2. The quantitative estimate of drug-likeness (QED) is 0.375. The second-order valence-electron chi connectivity index (χ2n) is 3.97. The number of unbranched alkanes of at least 4 members (excludes halogenated alkanes) is 5. The molecule has 16 heavy (non-hydrogen) atoms. The molecule has 0 aliphatic rings. The molecule has 0 fully saturated rings. The predicted molar refractivity (Wildman–Crippen MR) is 61.1 cm³/mol. The molecule has 0 rings (SSSR count). The van der Waals surface area contributed by atoms with Crippen LogP contribution < -0.4 is 0 Å².